The van der Waals surface area contributed by atoms with Gasteiger partial charge < -0.3 is 4.74 Å². The highest BCUT2D eigenvalue weighted by Gasteiger charge is 2.34. The van der Waals surface area contributed by atoms with Gasteiger partial charge in [0, 0.05) is 10.8 Å². The van der Waals surface area contributed by atoms with Gasteiger partial charge in [-0.05, 0) is 18.6 Å². The van der Waals surface area contributed by atoms with Crippen LogP contribution in [0, 0.1) is 5.92 Å². The van der Waals surface area contributed by atoms with E-state index in [1.54, 1.807) is 0 Å². The molecular formula is C8H12O2S2. The summed E-state index contributed by atoms with van der Waals surface area (Å²) in [7, 11) is 0. The first-order valence-electron chi connectivity index (χ1n) is 4.22. The number of hydrogen-bond acceptors (Lipinski definition) is 4. The summed E-state index contributed by atoms with van der Waals surface area (Å²) in [5.74, 6) is 2.33. The number of fused-ring (bicyclic) bond motifs is 2. The number of ether oxygens (including phenoxy) is 1. The molecule has 68 valence electrons. The van der Waals surface area contributed by atoms with Gasteiger partial charge in [0.15, 0.2) is 0 Å². The minimum Gasteiger partial charge on any atom is -0.462 e. The molecule has 2 nitrogen and oxygen atoms in total. The molecule has 2 bridgehead atoms. The Balaban J connectivity index is 1.98. The van der Waals surface area contributed by atoms with Gasteiger partial charge in [0.05, 0.1) is 5.92 Å². The molecule has 0 spiro atoms. The molecule has 2 fully saturated rings. The Hall–Kier alpha value is 0.170. The summed E-state index contributed by atoms with van der Waals surface area (Å²) in [6.45, 7) is 0. The fourth-order valence-corrected chi connectivity index (χ4v) is 3.87. The lowest BCUT2D eigenvalue weighted by Crippen LogP contribution is -2.10. The summed E-state index contributed by atoms with van der Waals surface area (Å²) in [5, 5.41) is 1.14. The molecule has 2 aliphatic heterocycles. The summed E-state index contributed by atoms with van der Waals surface area (Å²) in [5.41, 5.74) is 0. The number of carbonyl (C=O) groups is 1. The number of esters is 1. The maximum Gasteiger partial charge on any atom is 0.310 e. The minimum absolute atomic E-state index is 0.0411. The molecule has 2 unspecified atom stereocenters. The Morgan fingerprint density at radius 2 is 2.33 bits per heavy atom. The van der Waals surface area contributed by atoms with Crippen LogP contribution in [0.15, 0.2) is 0 Å². The molecule has 0 saturated carbocycles. The first-order valence-corrected chi connectivity index (χ1v) is 6.53. The molecular weight excluding hydrogens is 192 g/mol. The van der Waals surface area contributed by atoms with E-state index in [4.69, 9.17) is 4.74 Å². The van der Waals surface area contributed by atoms with Crippen LogP contribution < -0.4 is 0 Å². The number of carbonyl (C=O) groups excluding carboxylic acids is 1. The van der Waals surface area contributed by atoms with E-state index in [9.17, 15) is 4.79 Å². The fraction of sp³-hybridized carbons (Fsp3) is 0.875. The van der Waals surface area contributed by atoms with Crippen molar-refractivity contribution in [1.29, 1.82) is 0 Å². The highest BCUT2D eigenvalue weighted by Crippen LogP contribution is 2.30. The average molecular weight is 204 g/mol. The normalized spacial score (nSPS) is 36.5. The van der Waals surface area contributed by atoms with Gasteiger partial charge in [0.2, 0.25) is 0 Å². The summed E-state index contributed by atoms with van der Waals surface area (Å²) < 4.78 is 5.24. The smallest absolute Gasteiger partial charge is 0.310 e. The zero-order valence-corrected chi connectivity index (χ0v) is 8.46. The van der Waals surface area contributed by atoms with E-state index < -0.39 is 0 Å². The Bertz CT molecular complexity index is 184. The Morgan fingerprint density at radius 3 is 3.25 bits per heavy atom. The van der Waals surface area contributed by atoms with E-state index in [1.807, 2.05) is 23.5 Å². The summed E-state index contributed by atoms with van der Waals surface area (Å²) in [4.78, 5) is 11.2. The number of thioether (sulfide) groups is 2. The molecule has 12 heavy (non-hydrogen) atoms. The molecule has 0 N–H and O–H groups in total. The monoisotopic (exact) mass is 204 g/mol. The molecule has 4 heteroatoms. The largest absolute Gasteiger partial charge is 0.462 e. The second-order valence-corrected chi connectivity index (χ2v) is 5.68. The quantitative estimate of drug-likeness (QED) is 0.562. The highest BCUT2D eigenvalue weighted by molar-refractivity contribution is 8.15. The standard InChI is InChI=1S/C8H12O2S2/c9-8-6-3-7(10-8)1-2-11-5-12-4-6/h6-7H,1-5H2. The lowest BCUT2D eigenvalue weighted by Gasteiger charge is -2.07. The van der Waals surface area contributed by atoms with Crippen molar-refractivity contribution in [2.75, 3.05) is 16.6 Å². The third-order valence-electron chi connectivity index (χ3n) is 2.23. The van der Waals surface area contributed by atoms with E-state index in [1.165, 1.54) is 0 Å². The molecule has 2 atom stereocenters. The molecule has 2 heterocycles. The second-order valence-electron chi connectivity index (χ2n) is 3.18. The van der Waals surface area contributed by atoms with Crippen molar-refractivity contribution in [3.8, 4) is 0 Å². The van der Waals surface area contributed by atoms with Crippen LogP contribution in [0.1, 0.15) is 12.8 Å². The van der Waals surface area contributed by atoms with E-state index in [2.05, 4.69) is 0 Å². The maximum absolute atomic E-state index is 11.2. The predicted octanol–water partition coefficient (Wildman–Crippen LogP) is 1.75. The van der Waals surface area contributed by atoms with Crippen LogP contribution in [0.2, 0.25) is 0 Å². The van der Waals surface area contributed by atoms with Gasteiger partial charge in [-0.2, -0.15) is 23.5 Å². The lowest BCUT2D eigenvalue weighted by atomic mass is 10.1. The Labute approximate surface area is 80.8 Å². The molecule has 0 aliphatic carbocycles. The average Bonchev–Trinajstić information content (AvgIpc) is 2.44. The van der Waals surface area contributed by atoms with Gasteiger partial charge in [-0.1, -0.05) is 0 Å². The second kappa shape index (κ2) is 3.92. The zero-order valence-electron chi connectivity index (χ0n) is 6.82. The first kappa shape index (κ1) is 8.75. The zero-order chi connectivity index (χ0) is 8.39. The van der Waals surface area contributed by atoms with E-state index in [0.717, 1.165) is 29.4 Å². The molecule has 0 radical (unpaired) electrons. The molecule has 2 aliphatic rings. The highest BCUT2D eigenvalue weighted by atomic mass is 32.2. The van der Waals surface area contributed by atoms with Crippen LogP contribution in [0.4, 0.5) is 0 Å². The van der Waals surface area contributed by atoms with Gasteiger partial charge in [-0.25, -0.2) is 0 Å². The molecule has 0 aromatic heterocycles. The molecule has 2 rings (SSSR count). The van der Waals surface area contributed by atoms with Crippen molar-refractivity contribution in [3.05, 3.63) is 0 Å². The molecule has 0 aromatic carbocycles. The van der Waals surface area contributed by atoms with Crippen LogP contribution in [0.5, 0.6) is 0 Å². The lowest BCUT2D eigenvalue weighted by molar-refractivity contribution is -0.143. The summed E-state index contributed by atoms with van der Waals surface area (Å²) in [6, 6.07) is 0. The fourth-order valence-electron chi connectivity index (χ4n) is 1.56. The SMILES string of the molecule is O=C1OC2CCSCSCC1C2. The van der Waals surface area contributed by atoms with Crippen molar-refractivity contribution in [2.45, 2.75) is 18.9 Å². The van der Waals surface area contributed by atoms with Crippen molar-refractivity contribution in [3.63, 3.8) is 0 Å². The third kappa shape index (κ3) is 1.91. The van der Waals surface area contributed by atoms with E-state index in [-0.39, 0.29) is 18.0 Å². The van der Waals surface area contributed by atoms with Crippen LogP contribution in [-0.4, -0.2) is 28.7 Å². The molecule has 0 amide bonds. The maximum atomic E-state index is 11.2. The number of hydrogen-bond donors (Lipinski definition) is 0. The van der Waals surface area contributed by atoms with E-state index in [0.29, 0.717) is 0 Å². The molecule has 0 aromatic rings. The van der Waals surface area contributed by atoms with Gasteiger partial charge in [0.25, 0.3) is 0 Å². The summed E-state index contributed by atoms with van der Waals surface area (Å²) >= 11 is 3.82. The van der Waals surface area contributed by atoms with Crippen molar-refractivity contribution < 1.29 is 9.53 Å². The van der Waals surface area contributed by atoms with Crippen LogP contribution in [-0.2, 0) is 9.53 Å². The van der Waals surface area contributed by atoms with E-state index >= 15 is 0 Å². The van der Waals surface area contributed by atoms with Crippen LogP contribution >= 0.6 is 23.5 Å². The first-order chi connectivity index (χ1) is 5.86. The third-order valence-corrected chi connectivity index (χ3v) is 4.73. The van der Waals surface area contributed by atoms with Gasteiger partial charge >= 0.3 is 5.97 Å². The predicted molar refractivity (Wildman–Crippen MR) is 52.4 cm³/mol. The number of rotatable bonds is 0. The topological polar surface area (TPSA) is 26.3 Å². The minimum atomic E-state index is 0.0411. The van der Waals surface area contributed by atoms with Gasteiger partial charge in [0.1, 0.15) is 6.10 Å². The van der Waals surface area contributed by atoms with Crippen molar-refractivity contribution >= 4 is 29.5 Å². The Kier molecular flexibility index (Phi) is 2.86. The van der Waals surface area contributed by atoms with Crippen LogP contribution in [0.25, 0.3) is 0 Å². The van der Waals surface area contributed by atoms with Gasteiger partial charge in [-0.15, -0.1) is 0 Å². The van der Waals surface area contributed by atoms with Crippen molar-refractivity contribution in [1.82, 2.24) is 0 Å². The molecule has 2 saturated heterocycles. The Morgan fingerprint density at radius 1 is 1.42 bits per heavy atom. The summed E-state index contributed by atoms with van der Waals surface area (Å²) in [6.07, 6.45) is 2.24. The van der Waals surface area contributed by atoms with Gasteiger partial charge in [-0.3, -0.25) is 4.79 Å². The van der Waals surface area contributed by atoms with Crippen LogP contribution in [0.3, 0.4) is 0 Å². The van der Waals surface area contributed by atoms with Crippen molar-refractivity contribution in [2.24, 2.45) is 5.92 Å².